The fraction of sp³-hybridized carbons (Fsp3) is 0.385. The van der Waals surface area contributed by atoms with E-state index >= 15 is 0 Å². The smallest absolute Gasteiger partial charge is 0.126 e. The minimum absolute atomic E-state index is 0.330. The molecule has 1 aliphatic heterocycles. The molecular formula is C13H17NO. The highest BCUT2D eigenvalue weighted by atomic mass is 16.5. The number of hydrogen-bond acceptors (Lipinski definition) is 2. The van der Waals surface area contributed by atoms with Gasteiger partial charge in [0.2, 0.25) is 0 Å². The highest BCUT2D eigenvalue weighted by molar-refractivity contribution is 5.56. The third-order valence-electron chi connectivity index (χ3n) is 2.57. The molecule has 0 aliphatic carbocycles. The molecule has 2 nitrogen and oxygen atoms in total. The zero-order chi connectivity index (χ0) is 10.5. The number of rotatable bonds is 3. The van der Waals surface area contributed by atoms with E-state index in [0.717, 1.165) is 30.8 Å². The monoisotopic (exact) mass is 203 g/mol. The van der Waals surface area contributed by atoms with Crippen molar-refractivity contribution in [2.24, 2.45) is 0 Å². The Morgan fingerprint density at radius 3 is 3.00 bits per heavy atom. The van der Waals surface area contributed by atoms with Gasteiger partial charge in [0.05, 0.1) is 0 Å². The molecule has 2 rings (SSSR count). The predicted molar refractivity (Wildman–Crippen MR) is 63.1 cm³/mol. The highest BCUT2D eigenvalue weighted by Crippen LogP contribution is 2.22. The van der Waals surface area contributed by atoms with Gasteiger partial charge in [-0.1, -0.05) is 30.4 Å². The van der Waals surface area contributed by atoms with E-state index < -0.39 is 0 Å². The highest BCUT2D eigenvalue weighted by Gasteiger charge is 2.16. The number of allylic oxidation sites excluding steroid dienone is 1. The first-order chi connectivity index (χ1) is 7.40. The Kier molecular flexibility index (Phi) is 3.41. The Bertz CT molecular complexity index is 340. The van der Waals surface area contributed by atoms with E-state index in [4.69, 9.17) is 4.74 Å². The summed E-state index contributed by atoms with van der Waals surface area (Å²) in [6.45, 7) is 4.05. The third-order valence-corrected chi connectivity index (χ3v) is 2.57. The van der Waals surface area contributed by atoms with Crippen LogP contribution in [0.4, 0.5) is 0 Å². The molecule has 1 aromatic rings. The van der Waals surface area contributed by atoms with Gasteiger partial charge < -0.3 is 10.1 Å². The first kappa shape index (κ1) is 10.2. The van der Waals surface area contributed by atoms with E-state index in [1.54, 1.807) is 0 Å². The molecule has 0 amide bonds. The molecule has 0 spiro atoms. The lowest BCUT2D eigenvalue weighted by Gasteiger charge is -2.14. The Balaban J connectivity index is 2.11. The lowest BCUT2D eigenvalue weighted by atomic mass is 10.2. The Hall–Kier alpha value is -1.28. The first-order valence-electron chi connectivity index (χ1n) is 5.49. The van der Waals surface area contributed by atoms with Crippen molar-refractivity contribution < 1.29 is 4.74 Å². The van der Waals surface area contributed by atoms with Crippen LogP contribution in [-0.4, -0.2) is 19.2 Å². The second kappa shape index (κ2) is 4.99. The molecule has 2 heteroatoms. The average molecular weight is 203 g/mol. The number of hydrogen-bond donors (Lipinski definition) is 1. The SMILES string of the molecule is CC=Cc1ccccc1OC1CCNC1. The number of benzene rings is 1. The maximum atomic E-state index is 5.95. The topological polar surface area (TPSA) is 21.3 Å². The van der Waals surface area contributed by atoms with Gasteiger partial charge in [-0.15, -0.1) is 0 Å². The van der Waals surface area contributed by atoms with E-state index in [1.807, 2.05) is 31.2 Å². The summed E-state index contributed by atoms with van der Waals surface area (Å²) >= 11 is 0. The first-order valence-corrected chi connectivity index (χ1v) is 5.49. The van der Waals surface area contributed by atoms with Gasteiger partial charge >= 0.3 is 0 Å². The minimum Gasteiger partial charge on any atom is -0.488 e. The minimum atomic E-state index is 0.330. The molecule has 1 aliphatic rings. The molecular weight excluding hydrogens is 186 g/mol. The summed E-state index contributed by atoms with van der Waals surface area (Å²) in [7, 11) is 0. The van der Waals surface area contributed by atoms with Crippen molar-refractivity contribution in [2.75, 3.05) is 13.1 Å². The number of para-hydroxylation sites is 1. The summed E-state index contributed by atoms with van der Waals surface area (Å²) in [6, 6.07) is 8.17. The maximum Gasteiger partial charge on any atom is 0.126 e. The predicted octanol–water partition coefficient (Wildman–Crippen LogP) is 2.46. The van der Waals surface area contributed by atoms with Gasteiger partial charge in [0.15, 0.2) is 0 Å². The van der Waals surface area contributed by atoms with E-state index in [2.05, 4.69) is 17.5 Å². The molecule has 1 fully saturated rings. The van der Waals surface area contributed by atoms with Gasteiger partial charge in [-0.3, -0.25) is 0 Å². The quantitative estimate of drug-likeness (QED) is 0.814. The molecule has 1 N–H and O–H groups in total. The standard InChI is InChI=1S/C13H17NO/c1-2-5-11-6-3-4-7-13(11)15-12-8-9-14-10-12/h2-7,12,14H,8-10H2,1H3. The molecule has 1 aromatic carbocycles. The molecule has 0 aromatic heterocycles. The van der Waals surface area contributed by atoms with Crippen LogP contribution in [0.25, 0.3) is 6.08 Å². The molecule has 0 saturated carbocycles. The van der Waals surface area contributed by atoms with E-state index in [-0.39, 0.29) is 0 Å². The van der Waals surface area contributed by atoms with Crippen LogP contribution in [0.15, 0.2) is 30.3 Å². The second-order valence-corrected chi connectivity index (χ2v) is 3.77. The summed E-state index contributed by atoms with van der Waals surface area (Å²) in [5, 5.41) is 3.30. The summed E-state index contributed by atoms with van der Waals surface area (Å²) in [5.74, 6) is 0.990. The molecule has 0 radical (unpaired) electrons. The van der Waals surface area contributed by atoms with Crippen LogP contribution in [0.5, 0.6) is 5.75 Å². The lowest BCUT2D eigenvalue weighted by molar-refractivity contribution is 0.222. The van der Waals surface area contributed by atoms with Crippen LogP contribution in [0, 0.1) is 0 Å². The molecule has 1 heterocycles. The summed E-state index contributed by atoms with van der Waals surface area (Å²) in [4.78, 5) is 0. The van der Waals surface area contributed by atoms with Crippen LogP contribution >= 0.6 is 0 Å². The Labute approximate surface area is 91.0 Å². The molecule has 1 unspecified atom stereocenters. The Morgan fingerprint density at radius 1 is 1.40 bits per heavy atom. The van der Waals surface area contributed by atoms with Crippen molar-refractivity contribution in [1.29, 1.82) is 0 Å². The van der Waals surface area contributed by atoms with Gasteiger partial charge in [0.25, 0.3) is 0 Å². The zero-order valence-corrected chi connectivity index (χ0v) is 9.07. The van der Waals surface area contributed by atoms with Crippen LogP contribution < -0.4 is 10.1 Å². The van der Waals surface area contributed by atoms with Crippen molar-refractivity contribution in [3.05, 3.63) is 35.9 Å². The van der Waals surface area contributed by atoms with E-state index in [9.17, 15) is 0 Å². The molecule has 1 saturated heterocycles. The van der Waals surface area contributed by atoms with Crippen molar-refractivity contribution >= 4 is 6.08 Å². The molecule has 1 atom stereocenters. The zero-order valence-electron chi connectivity index (χ0n) is 9.07. The van der Waals surface area contributed by atoms with Gasteiger partial charge in [0.1, 0.15) is 11.9 Å². The maximum absolute atomic E-state index is 5.95. The second-order valence-electron chi connectivity index (χ2n) is 3.77. The van der Waals surface area contributed by atoms with Gasteiger partial charge in [0, 0.05) is 12.1 Å². The van der Waals surface area contributed by atoms with Gasteiger partial charge in [-0.25, -0.2) is 0 Å². The lowest BCUT2D eigenvalue weighted by Crippen LogP contribution is -2.19. The van der Waals surface area contributed by atoms with Gasteiger partial charge in [-0.2, -0.15) is 0 Å². The van der Waals surface area contributed by atoms with E-state index in [0.29, 0.717) is 6.10 Å². The Morgan fingerprint density at radius 2 is 2.27 bits per heavy atom. The number of nitrogens with one attached hydrogen (secondary N) is 1. The number of ether oxygens (including phenoxy) is 1. The van der Waals surface area contributed by atoms with Crippen molar-refractivity contribution in [3.63, 3.8) is 0 Å². The molecule has 15 heavy (non-hydrogen) atoms. The van der Waals surface area contributed by atoms with Crippen molar-refractivity contribution in [1.82, 2.24) is 5.32 Å². The summed E-state index contributed by atoms with van der Waals surface area (Å²) < 4.78 is 5.95. The average Bonchev–Trinajstić information content (AvgIpc) is 2.74. The van der Waals surface area contributed by atoms with Crippen LogP contribution in [0.1, 0.15) is 18.9 Å². The normalized spacial score (nSPS) is 21.0. The van der Waals surface area contributed by atoms with Crippen molar-refractivity contribution in [2.45, 2.75) is 19.4 Å². The molecule has 0 bridgehead atoms. The van der Waals surface area contributed by atoms with E-state index in [1.165, 1.54) is 0 Å². The fourth-order valence-electron chi connectivity index (χ4n) is 1.81. The summed E-state index contributed by atoms with van der Waals surface area (Å²) in [5.41, 5.74) is 1.16. The summed E-state index contributed by atoms with van der Waals surface area (Å²) in [6.07, 6.45) is 5.55. The molecule has 80 valence electrons. The fourth-order valence-corrected chi connectivity index (χ4v) is 1.81. The largest absolute Gasteiger partial charge is 0.488 e. The van der Waals surface area contributed by atoms with Crippen LogP contribution in [0.3, 0.4) is 0 Å². The van der Waals surface area contributed by atoms with Crippen LogP contribution in [0.2, 0.25) is 0 Å². The van der Waals surface area contributed by atoms with Gasteiger partial charge in [-0.05, 0) is 26.0 Å². The van der Waals surface area contributed by atoms with Crippen LogP contribution in [-0.2, 0) is 0 Å². The third kappa shape index (κ3) is 2.60. The van der Waals surface area contributed by atoms with Crippen molar-refractivity contribution in [3.8, 4) is 5.75 Å².